The van der Waals surface area contributed by atoms with Gasteiger partial charge in [0.25, 0.3) is 0 Å². The third-order valence-electron chi connectivity index (χ3n) is 0.750. The van der Waals surface area contributed by atoms with E-state index in [0.29, 0.717) is 12.3 Å². The molecule has 0 heterocycles. The smallest absolute Gasteiger partial charge is 0.0231 e. The molecule has 0 saturated carbocycles. The Morgan fingerprint density at radius 1 is 1.50 bits per heavy atom. The zero-order valence-electron chi connectivity index (χ0n) is 5.91. The molecule has 0 aromatic heterocycles. The first-order valence-corrected chi connectivity index (χ1v) is 2.35. The molecule has 0 rings (SSSR count). The quantitative estimate of drug-likeness (QED) is 0.425. The molecule has 0 unspecified atom stereocenters. The van der Waals surface area contributed by atoms with E-state index in [0.717, 1.165) is 6.42 Å². The van der Waals surface area contributed by atoms with Gasteiger partial charge in [-0.1, -0.05) is 34.1 Å². The summed E-state index contributed by atoms with van der Waals surface area (Å²) in [4.78, 5) is 0. The van der Waals surface area contributed by atoms with Crippen LogP contribution in [0.4, 0.5) is 0 Å². The van der Waals surface area contributed by atoms with Gasteiger partial charge in [-0.25, -0.2) is 0 Å². The summed E-state index contributed by atoms with van der Waals surface area (Å²) in [5.74, 6) is 0. The Morgan fingerprint density at radius 3 is 2.00 bits per heavy atom. The highest BCUT2D eigenvalue weighted by Crippen LogP contribution is 2.16. The fraction of sp³-hybridized carbons (Fsp3) is 1.00. The Bertz CT molecular complexity index is 42.6. The molecule has 38 valence electrons. The third-order valence-corrected chi connectivity index (χ3v) is 0.750. The normalized spacial score (nSPS) is 14.2. The van der Waals surface area contributed by atoms with Crippen molar-refractivity contribution in [3.05, 3.63) is 0 Å². The van der Waals surface area contributed by atoms with Gasteiger partial charge in [-0.15, -0.1) is 0 Å². The standard InChI is InChI=1S/C6H14/c1-5-6(2,3)4/h5H2,1-4H3/i1D. The van der Waals surface area contributed by atoms with E-state index in [4.69, 9.17) is 1.37 Å². The van der Waals surface area contributed by atoms with Gasteiger partial charge in [0.2, 0.25) is 0 Å². The number of hydrogen-bond acceptors (Lipinski definition) is 0. The van der Waals surface area contributed by atoms with Crippen LogP contribution in [0, 0.1) is 5.41 Å². The monoisotopic (exact) mass is 87.1 g/mol. The summed E-state index contributed by atoms with van der Waals surface area (Å²) >= 11 is 0. The minimum absolute atomic E-state index is 0.363. The molecule has 0 amide bonds. The molecule has 0 bridgehead atoms. The minimum Gasteiger partial charge on any atom is -0.0649 e. The van der Waals surface area contributed by atoms with Crippen LogP contribution in [0.1, 0.15) is 35.5 Å². The maximum Gasteiger partial charge on any atom is 0.0231 e. The van der Waals surface area contributed by atoms with E-state index in [9.17, 15) is 0 Å². The molecule has 0 radical (unpaired) electrons. The molecule has 0 saturated heterocycles. The summed E-state index contributed by atoms with van der Waals surface area (Å²) in [6.45, 7) is 7.02. The van der Waals surface area contributed by atoms with Gasteiger partial charge < -0.3 is 0 Å². The summed E-state index contributed by atoms with van der Waals surface area (Å²) in [6.07, 6.45) is 1.01. The van der Waals surface area contributed by atoms with E-state index in [1.165, 1.54) is 0 Å². The van der Waals surface area contributed by atoms with Crippen LogP contribution in [0.25, 0.3) is 0 Å². The molecule has 0 spiro atoms. The molecule has 0 fully saturated rings. The van der Waals surface area contributed by atoms with Crippen LogP contribution in [0.15, 0.2) is 0 Å². The van der Waals surface area contributed by atoms with Crippen LogP contribution in [-0.2, 0) is 0 Å². The van der Waals surface area contributed by atoms with E-state index in [1.54, 1.807) is 0 Å². The third kappa shape index (κ3) is 4.00. The molecule has 0 aromatic rings. The van der Waals surface area contributed by atoms with Crippen molar-refractivity contribution in [2.24, 2.45) is 5.41 Å². The zero-order chi connectivity index (χ0) is 5.91. The summed E-state index contributed by atoms with van der Waals surface area (Å²) in [5.41, 5.74) is 0.363. The van der Waals surface area contributed by atoms with Crippen LogP contribution in [0.3, 0.4) is 0 Å². The Balaban J connectivity index is 3.15. The number of rotatable bonds is 0. The molecule has 0 atom stereocenters. The molecule has 6 heavy (non-hydrogen) atoms. The topological polar surface area (TPSA) is 0 Å². The Labute approximate surface area is 42.0 Å². The Kier molecular flexibility index (Phi) is 1.13. The lowest BCUT2D eigenvalue weighted by molar-refractivity contribution is 0.398. The molecular formula is C6H14. The van der Waals surface area contributed by atoms with Gasteiger partial charge in [0, 0.05) is 1.37 Å². The summed E-state index contributed by atoms with van der Waals surface area (Å²) < 4.78 is 6.86. The highest BCUT2D eigenvalue weighted by molar-refractivity contribution is 4.55. The van der Waals surface area contributed by atoms with Gasteiger partial charge in [0.15, 0.2) is 0 Å². The van der Waals surface area contributed by atoms with Crippen LogP contribution in [0.5, 0.6) is 0 Å². The molecular weight excluding hydrogens is 72.1 g/mol. The van der Waals surface area contributed by atoms with Gasteiger partial charge >= 0.3 is 0 Å². The van der Waals surface area contributed by atoms with Crippen molar-refractivity contribution in [1.29, 1.82) is 0 Å². The first-order valence-electron chi connectivity index (χ1n) is 3.06. The molecule has 0 aliphatic rings. The maximum absolute atomic E-state index is 6.86. The second kappa shape index (κ2) is 1.63. The predicted molar refractivity (Wildman–Crippen MR) is 29.7 cm³/mol. The summed E-state index contributed by atoms with van der Waals surface area (Å²) in [7, 11) is 0. The van der Waals surface area contributed by atoms with Crippen molar-refractivity contribution in [2.75, 3.05) is 0 Å². The van der Waals surface area contributed by atoms with Gasteiger partial charge in [-0.05, 0) is 5.41 Å². The first-order chi connectivity index (χ1) is 3.06. The molecule has 0 N–H and O–H groups in total. The predicted octanol–water partition coefficient (Wildman–Crippen LogP) is 2.44. The van der Waals surface area contributed by atoms with Crippen molar-refractivity contribution in [3.63, 3.8) is 0 Å². The molecule has 0 nitrogen and oxygen atoms in total. The Morgan fingerprint density at radius 2 is 2.00 bits per heavy atom. The second-order valence-electron chi connectivity index (χ2n) is 2.81. The van der Waals surface area contributed by atoms with E-state index in [2.05, 4.69) is 20.8 Å². The van der Waals surface area contributed by atoms with Gasteiger partial charge in [0.1, 0.15) is 0 Å². The van der Waals surface area contributed by atoms with E-state index < -0.39 is 0 Å². The zero-order valence-corrected chi connectivity index (χ0v) is 4.91. The van der Waals surface area contributed by atoms with Gasteiger partial charge in [-0.2, -0.15) is 0 Å². The summed E-state index contributed by atoms with van der Waals surface area (Å²) in [5, 5.41) is 0. The van der Waals surface area contributed by atoms with Crippen molar-refractivity contribution in [2.45, 2.75) is 34.1 Å². The lowest BCUT2D eigenvalue weighted by atomic mass is 9.94. The lowest BCUT2D eigenvalue weighted by Gasteiger charge is -2.12. The highest BCUT2D eigenvalue weighted by atomic mass is 14.1. The number of hydrogen-bond donors (Lipinski definition) is 0. The van der Waals surface area contributed by atoms with Crippen LogP contribution >= 0.6 is 0 Å². The van der Waals surface area contributed by atoms with E-state index in [1.807, 2.05) is 0 Å². The first kappa shape index (κ1) is 4.17. The van der Waals surface area contributed by atoms with Crippen LogP contribution in [0.2, 0.25) is 0 Å². The van der Waals surface area contributed by atoms with Gasteiger partial charge in [0.05, 0.1) is 0 Å². The van der Waals surface area contributed by atoms with Crippen LogP contribution < -0.4 is 0 Å². The van der Waals surface area contributed by atoms with Gasteiger partial charge in [-0.3, -0.25) is 0 Å². The fourth-order valence-electron chi connectivity index (χ4n) is 0. The van der Waals surface area contributed by atoms with Crippen molar-refractivity contribution in [1.82, 2.24) is 0 Å². The average molecular weight is 87.2 g/mol. The summed E-state index contributed by atoms with van der Waals surface area (Å²) in [6, 6.07) is 0. The van der Waals surface area contributed by atoms with Crippen molar-refractivity contribution in [3.8, 4) is 0 Å². The lowest BCUT2D eigenvalue weighted by Crippen LogP contribution is -2.00. The van der Waals surface area contributed by atoms with Crippen molar-refractivity contribution >= 4 is 0 Å². The fourth-order valence-corrected chi connectivity index (χ4v) is 0. The molecule has 0 aromatic carbocycles. The second-order valence-corrected chi connectivity index (χ2v) is 2.81. The Hall–Kier alpha value is 0. The van der Waals surface area contributed by atoms with Crippen molar-refractivity contribution < 1.29 is 1.37 Å². The highest BCUT2D eigenvalue weighted by Gasteiger charge is 2.03. The largest absolute Gasteiger partial charge is 0.0649 e. The molecule has 0 aliphatic carbocycles. The van der Waals surface area contributed by atoms with E-state index in [-0.39, 0.29) is 0 Å². The maximum atomic E-state index is 6.86. The SMILES string of the molecule is [2H]CCC(C)(C)C. The van der Waals surface area contributed by atoms with E-state index >= 15 is 0 Å². The molecule has 0 heteroatoms. The van der Waals surface area contributed by atoms with Crippen LogP contribution in [-0.4, -0.2) is 0 Å². The molecule has 0 aliphatic heterocycles. The average Bonchev–Trinajstić information content (AvgIpc) is 1.30. The minimum atomic E-state index is 0.363.